The number of rotatable bonds is 9. The maximum atomic E-state index is 12.7. The number of amides is 1. The van der Waals surface area contributed by atoms with Crippen molar-refractivity contribution >= 4 is 79.1 Å². The predicted octanol–water partition coefficient (Wildman–Crippen LogP) is 4.36. The molecule has 0 aliphatic carbocycles. The van der Waals surface area contributed by atoms with Crippen molar-refractivity contribution in [2.24, 2.45) is 0 Å². The molecule has 1 fully saturated rings. The van der Waals surface area contributed by atoms with Gasteiger partial charge in [0, 0.05) is 31.9 Å². The molecule has 0 bridgehead atoms. The number of hydrogen-bond acceptors (Lipinski definition) is 10. The molecule has 198 valence electrons. The normalized spacial score (nSPS) is 14.5. The van der Waals surface area contributed by atoms with Gasteiger partial charge in [0.15, 0.2) is 15.7 Å². The van der Waals surface area contributed by atoms with E-state index in [1.165, 1.54) is 6.20 Å². The van der Waals surface area contributed by atoms with E-state index in [1.54, 1.807) is 43.5 Å². The fourth-order valence-electron chi connectivity index (χ4n) is 3.56. The van der Waals surface area contributed by atoms with Crippen LogP contribution in [-0.2, 0) is 14.6 Å². The topological polar surface area (TPSA) is 128 Å². The Morgan fingerprint density at radius 2 is 1.89 bits per heavy atom. The number of carbonyl (C=O) groups excluding carboxylic acids is 1. The number of thiophene rings is 1. The maximum absolute atomic E-state index is 12.7. The van der Waals surface area contributed by atoms with Crippen molar-refractivity contribution in [3.8, 4) is 0 Å². The number of hydrogen-bond donors (Lipinski definition) is 4. The lowest BCUT2D eigenvalue weighted by Crippen LogP contribution is -2.46. The Morgan fingerprint density at radius 3 is 2.62 bits per heavy atom. The minimum atomic E-state index is -3.49. The summed E-state index contributed by atoms with van der Waals surface area (Å²) >= 11 is 13.8. The maximum Gasteiger partial charge on any atom is 0.238 e. The van der Waals surface area contributed by atoms with Crippen LogP contribution >= 0.6 is 34.5 Å². The van der Waals surface area contributed by atoms with E-state index in [-0.39, 0.29) is 26.9 Å². The van der Waals surface area contributed by atoms with E-state index in [4.69, 9.17) is 23.2 Å². The van der Waals surface area contributed by atoms with E-state index in [2.05, 4.69) is 36.1 Å². The van der Waals surface area contributed by atoms with Crippen molar-refractivity contribution in [3.63, 3.8) is 0 Å². The van der Waals surface area contributed by atoms with Gasteiger partial charge in [-0.2, -0.15) is 4.98 Å². The zero-order valence-electron chi connectivity index (χ0n) is 20.2. The zero-order chi connectivity index (χ0) is 26.6. The lowest BCUT2D eigenvalue weighted by atomic mass is 10.2. The third-order valence-corrected chi connectivity index (χ3v) is 9.86. The molecule has 0 radical (unpaired) electrons. The summed E-state index contributed by atoms with van der Waals surface area (Å²) < 4.78 is 25.6. The van der Waals surface area contributed by atoms with Gasteiger partial charge < -0.3 is 21.3 Å². The molecule has 4 N–H and O–H groups in total. The van der Waals surface area contributed by atoms with Crippen LogP contribution in [-0.4, -0.2) is 67.2 Å². The smallest absolute Gasteiger partial charge is 0.238 e. The summed E-state index contributed by atoms with van der Waals surface area (Å²) in [5.41, 5.74) is 1.44. The first-order valence-corrected chi connectivity index (χ1v) is 14.7. The first-order valence-electron chi connectivity index (χ1n) is 11.5. The number of anilines is 5. The molecular formula is C23H27Cl2N7O3S2. The lowest BCUT2D eigenvalue weighted by molar-refractivity contribution is -0.117. The van der Waals surface area contributed by atoms with Crippen LogP contribution in [0, 0.1) is 0 Å². The second-order valence-electron chi connectivity index (χ2n) is 8.62. The number of sulfone groups is 1. The number of nitrogens with zero attached hydrogens (tertiary/aromatic N) is 3. The molecule has 2 aromatic heterocycles. The lowest BCUT2D eigenvalue weighted by Gasteiger charge is -2.26. The van der Waals surface area contributed by atoms with E-state index in [9.17, 15) is 13.2 Å². The van der Waals surface area contributed by atoms with Crippen molar-refractivity contribution in [2.75, 3.05) is 48.7 Å². The van der Waals surface area contributed by atoms with Crippen molar-refractivity contribution < 1.29 is 13.2 Å². The second-order valence-corrected chi connectivity index (χ2v) is 13.1. The van der Waals surface area contributed by atoms with Crippen LogP contribution in [0.4, 0.5) is 28.8 Å². The third kappa shape index (κ3) is 6.89. The Bertz CT molecular complexity index is 1380. The van der Waals surface area contributed by atoms with Crippen LogP contribution in [0.2, 0.25) is 10.0 Å². The standard InChI is InChI=1S/C23H27Cl2N7O3S2/c1-14(2)37(34,35)22-18(5-10-36-22)29-21-17(25)12-27-23(31-21)30-19-11-15(3-4-16(19)24)28-20(33)13-32-8-6-26-7-9-32/h3-5,10-12,14,26H,6-9,13H2,1-2H3,(H,28,33)(H2,27,29,30,31). The van der Waals surface area contributed by atoms with Crippen LogP contribution in [0.25, 0.3) is 0 Å². The van der Waals surface area contributed by atoms with Gasteiger partial charge in [-0.3, -0.25) is 9.69 Å². The molecule has 0 atom stereocenters. The molecule has 37 heavy (non-hydrogen) atoms. The summed E-state index contributed by atoms with van der Waals surface area (Å²) in [7, 11) is -3.49. The van der Waals surface area contributed by atoms with Gasteiger partial charge in [0.25, 0.3) is 0 Å². The van der Waals surface area contributed by atoms with Gasteiger partial charge in [-0.25, -0.2) is 13.4 Å². The van der Waals surface area contributed by atoms with Gasteiger partial charge in [-0.1, -0.05) is 23.2 Å². The highest BCUT2D eigenvalue weighted by Crippen LogP contribution is 2.35. The van der Waals surface area contributed by atoms with Crippen LogP contribution in [0.3, 0.4) is 0 Å². The van der Waals surface area contributed by atoms with Crippen LogP contribution in [0.1, 0.15) is 13.8 Å². The van der Waals surface area contributed by atoms with E-state index >= 15 is 0 Å². The number of halogens is 2. The van der Waals surface area contributed by atoms with Gasteiger partial charge in [0.2, 0.25) is 11.9 Å². The molecule has 14 heteroatoms. The van der Waals surface area contributed by atoms with Crippen molar-refractivity contribution in [3.05, 3.63) is 45.9 Å². The van der Waals surface area contributed by atoms with Crippen molar-refractivity contribution in [1.82, 2.24) is 20.2 Å². The Labute approximate surface area is 229 Å². The summed E-state index contributed by atoms with van der Waals surface area (Å²) in [4.78, 5) is 23.2. The number of aromatic nitrogens is 2. The van der Waals surface area contributed by atoms with Crippen molar-refractivity contribution in [1.29, 1.82) is 0 Å². The monoisotopic (exact) mass is 583 g/mol. The zero-order valence-corrected chi connectivity index (χ0v) is 23.4. The molecular weight excluding hydrogens is 557 g/mol. The molecule has 0 spiro atoms. The van der Waals surface area contributed by atoms with E-state index in [1.807, 2.05) is 0 Å². The Kier molecular flexibility index (Phi) is 8.88. The molecule has 3 aromatic rings. The Balaban J connectivity index is 1.49. The third-order valence-electron chi connectivity index (χ3n) is 5.58. The van der Waals surface area contributed by atoms with Gasteiger partial charge in [0.1, 0.15) is 9.23 Å². The fraction of sp³-hybridized carbons (Fsp3) is 0.348. The number of piperazine rings is 1. The molecule has 0 saturated carbocycles. The first kappa shape index (κ1) is 27.6. The van der Waals surface area contributed by atoms with Crippen LogP contribution < -0.4 is 21.3 Å². The van der Waals surface area contributed by atoms with Crippen molar-refractivity contribution in [2.45, 2.75) is 23.3 Å². The molecule has 4 rings (SSSR count). The first-order chi connectivity index (χ1) is 17.6. The minimum absolute atomic E-state index is 0.118. The summed E-state index contributed by atoms with van der Waals surface area (Å²) in [6, 6.07) is 6.73. The molecule has 1 aromatic carbocycles. The number of nitrogens with one attached hydrogen (secondary N) is 4. The highest BCUT2D eigenvalue weighted by molar-refractivity contribution is 7.94. The number of carbonyl (C=O) groups is 1. The Hall–Kier alpha value is -2.48. The molecule has 10 nitrogen and oxygen atoms in total. The highest BCUT2D eigenvalue weighted by atomic mass is 35.5. The van der Waals surface area contributed by atoms with E-state index < -0.39 is 15.1 Å². The average Bonchev–Trinajstić information content (AvgIpc) is 3.33. The molecule has 1 saturated heterocycles. The molecule has 1 aliphatic rings. The molecule has 3 heterocycles. The fourth-order valence-corrected chi connectivity index (χ4v) is 6.57. The predicted molar refractivity (Wildman–Crippen MR) is 150 cm³/mol. The minimum Gasteiger partial charge on any atom is -0.337 e. The Morgan fingerprint density at radius 1 is 1.14 bits per heavy atom. The van der Waals surface area contributed by atoms with Gasteiger partial charge in [-0.15, -0.1) is 11.3 Å². The van der Waals surface area contributed by atoms with Crippen LogP contribution in [0.15, 0.2) is 40.1 Å². The largest absolute Gasteiger partial charge is 0.337 e. The van der Waals surface area contributed by atoms with Gasteiger partial charge in [-0.05, 0) is 43.5 Å². The summed E-state index contributed by atoms with van der Waals surface area (Å²) in [6.45, 7) is 6.93. The average molecular weight is 585 g/mol. The molecule has 0 unspecified atom stereocenters. The molecule has 1 amide bonds. The van der Waals surface area contributed by atoms with Gasteiger partial charge in [0.05, 0.1) is 34.4 Å². The highest BCUT2D eigenvalue weighted by Gasteiger charge is 2.25. The van der Waals surface area contributed by atoms with Gasteiger partial charge >= 0.3 is 0 Å². The molecule has 1 aliphatic heterocycles. The van der Waals surface area contributed by atoms with E-state index in [0.29, 0.717) is 28.6 Å². The SMILES string of the molecule is CC(C)S(=O)(=O)c1sccc1Nc1nc(Nc2cc(NC(=O)CN3CCNCC3)ccc2Cl)ncc1Cl. The summed E-state index contributed by atoms with van der Waals surface area (Å²) in [6.07, 6.45) is 1.40. The van der Waals surface area contributed by atoms with E-state index in [0.717, 1.165) is 37.5 Å². The second kappa shape index (κ2) is 11.9. The summed E-state index contributed by atoms with van der Waals surface area (Å²) in [5.74, 6) is 0.295. The quantitative estimate of drug-likeness (QED) is 0.290. The number of benzene rings is 1. The van der Waals surface area contributed by atoms with Crippen LogP contribution in [0.5, 0.6) is 0 Å². The summed E-state index contributed by atoms with van der Waals surface area (Å²) in [5, 5.41) is 13.9.